The highest BCUT2D eigenvalue weighted by molar-refractivity contribution is 5.87. The maximum Gasteiger partial charge on any atom is 0.414 e. The van der Waals surface area contributed by atoms with Gasteiger partial charge in [0.1, 0.15) is 0 Å². The molecule has 0 atom stereocenters. The number of benzene rings is 1. The first-order chi connectivity index (χ1) is 8.15. The highest BCUT2D eigenvalue weighted by Crippen LogP contribution is 2.13. The molecule has 0 spiro atoms. The number of H-pyrrole nitrogens is 1. The van der Waals surface area contributed by atoms with E-state index in [1.807, 2.05) is 18.2 Å². The summed E-state index contributed by atoms with van der Waals surface area (Å²) in [6, 6.07) is 7.29. The standard InChI is InChI=1S/C10H10N4O3/c11-8(15)5-17-10(16)14-9-12-6-3-1-2-4-7(6)13-9/h1-4H,5H2,(H2,11,15)(H2,12,13,14,16). The van der Waals surface area contributed by atoms with Crippen molar-refractivity contribution in [1.29, 1.82) is 0 Å². The van der Waals surface area contributed by atoms with Crippen molar-refractivity contribution in [2.45, 2.75) is 0 Å². The number of ether oxygens (including phenoxy) is 1. The zero-order chi connectivity index (χ0) is 12.3. The Labute approximate surface area is 96.0 Å². The molecular formula is C10H10N4O3. The molecule has 0 saturated carbocycles. The Kier molecular flexibility index (Phi) is 2.91. The van der Waals surface area contributed by atoms with Gasteiger partial charge in [0.2, 0.25) is 5.95 Å². The third-order valence-corrected chi connectivity index (χ3v) is 1.96. The Morgan fingerprint density at radius 3 is 2.88 bits per heavy atom. The molecule has 17 heavy (non-hydrogen) atoms. The predicted octanol–water partition coefficient (Wildman–Crippen LogP) is 0.597. The number of amides is 2. The summed E-state index contributed by atoms with van der Waals surface area (Å²) in [5, 5.41) is 2.35. The second-order valence-electron chi connectivity index (χ2n) is 3.27. The van der Waals surface area contributed by atoms with Gasteiger partial charge in [-0.3, -0.25) is 10.1 Å². The molecule has 2 aromatic rings. The van der Waals surface area contributed by atoms with Crippen LogP contribution in [-0.4, -0.2) is 28.6 Å². The summed E-state index contributed by atoms with van der Waals surface area (Å²) in [6.07, 6.45) is -0.789. The summed E-state index contributed by atoms with van der Waals surface area (Å²) >= 11 is 0. The lowest BCUT2D eigenvalue weighted by molar-refractivity contribution is -0.120. The molecule has 1 aromatic heterocycles. The van der Waals surface area contributed by atoms with Crippen LogP contribution >= 0.6 is 0 Å². The van der Waals surface area contributed by atoms with Crippen molar-refractivity contribution >= 4 is 29.0 Å². The van der Waals surface area contributed by atoms with Crippen molar-refractivity contribution < 1.29 is 14.3 Å². The number of anilines is 1. The van der Waals surface area contributed by atoms with Crippen LogP contribution in [0.1, 0.15) is 0 Å². The maximum atomic E-state index is 11.2. The fraction of sp³-hybridized carbons (Fsp3) is 0.100. The van der Waals surface area contributed by atoms with Crippen molar-refractivity contribution in [2.24, 2.45) is 5.73 Å². The molecule has 1 heterocycles. The Morgan fingerprint density at radius 1 is 1.41 bits per heavy atom. The molecule has 7 heteroatoms. The second kappa shape index (κ2) is 4.52. The molecular weight excluding hydrogens is 224 g/mol. The van der Waals surface area contributed by atoms with E-state index in [9.17, 15) is 9.59 Å². The number of aromatic amines is 1. The van der Waals surface area contributed by atoms with E-state index in [-0.39, 0.29) is 5.95 Å². The van der Waals surface area contributed by atoms with E-state index in [4.69, 9.17) is 5.73 Å². The molecule has 2 amide bonds. The lowest BCUT2D eigenvalue weighted by atomic mass is 10.3. The average molecular weight is 234 g/mol. The fourth-order valence-corrected chi connectivity index (χ4v) is 1.28. The number of primary amides is 1. The number of carbonyl (C=O) groups excluding carboxylic acids is 2. The third kappa shape index (κ3) is 2.71. The Hall–Kier alpha value is -2.57. The summed E-state index contributed by atoms with van der Waals surface area (Å²) in [7, 11) is 0. The van der Waals surface area contributed by atoms with E-state index in [1.54, 1.807) is 6.07 Å². The lowest BCUT2D eigenvalue weighted by Crippen LogP contribution is -2.23. The van der Waals surface area contributed by atoms with E-state index in [2.05, 4.69) is 20.0 Å². The highest BCUT2D eigenvalue weighted by atomic mass is 16.6. The smallest absolute Gasteiger partial charge is 0.414 e. The topological polar surface area (TPSA) is 110 Å². The number of rotatable bonds is 3. The molecule has 0 saturated heterocycles. The quantitative estimate of drug-likeness (QED) is 0.722. The number of para-hydroxylation sites is 2. The fourth-order valence-electron chi connectivity index (χ4n) is 1.28. The summed E-state index contributed by atoms with van der Waals surface area (Å²) in [5.41, 5.74) is 6.34. The van der Waals surface area contributed by atoms with Gasteiger partial charge in [0.15, 0.2) is 6.61 Å². The van der Waals surface area contributed by atoms with Gasteiger partial charge in [0, 0.05) is 0 Å². The number of nitrogens with zero attached hydrogens (tertiary/aromatic N) is 1. The number of carbonyl (C=O) groups is 2. The zero-order valence-corrected chi connectivity index (χ0v) is 8.77. The monoisotopic (exact) mass is 234 g/mol. The minimum atomic E-state index is -0.789. The van der Waals surface area contributed by atoms with Crippen molar-refractivity contribution in [3.05, 3.63) is 24.3 Å². The molecule has 0 aliphatic heterocycles. The molecule has 4 N–H and O–H groups in total. The van der Waals surface area contributed by atoms with Crippen LogP contribution in [0.15, 0.2) is 24.3 Å². The highest BCUT2D eigenvalue weighted by Gasteiger charge is 2.08. The van der Waals surface area contributed by atoms with Gasteiger partial charge in [-0.15, -0.1) is 0 Å². The van der Waals surface area contributed by atoms with Crippen LogP contribution < -0.4 is 11.1 Å². The molecule has 0 radical (unpaired) electrons. The SMILES string of the molecule is NC(=O)COC(=O)Nc1nc2ccccc2[nH]1. The average Bonchev–Trinajstić information content (AvgIpc) is 2.68. The normalized spacial score (nSPS) is 10.1. The minimum absolute atomic E-state index is 0.251. The largest absolute Gasteiger partial charge is 0.439 e. The van der Waals surface area contributed by atoms with Crippen LogP contribution in [0.4, 0.5) is 10.7 Å². The number of hydrogen-bond acceptors (Lipinski definition) is 4. The van der Waals surface area contributed by atoms with E-state index in [0.717, 1.165) is 11.0 Å². The van der Waals surface area contributed by atoms with E-state index < -0.39 is 18.6 Å². The van der Waals surface area contributed by atoms with Gasteiger partial charge in [-0.2, -0.15) is 0 Å². The van der Waals surface area contributed by atoms with Crippen molar-refractivity contribution in [2.75, 3.05) is 11.9 Å². The second-order valence-corrected chi connectivity index (χ2v) is 3.27. The van der Waals surface area contributed by atoms with Crippen molar-refractivity contribution in [1.82, 2.24) is 9.97 Å². The summed E-state index contributed by atoms with van der Waals surface area (Å²) in [6.45, 7) is -0.466. The van der Waals surface area contributed by atoms with Gasteiger partial charge < -0.3 is 15.5 Å². The Bertz CT molecular complexity index is 530. The Balaban J connectivity index is 2.03. The van der Waals surface area contributed by atoms with Gasteiger partial charge >= 0.3 is 6.09 Å². The molecule has 88 valence electrons. The number of imidazole rings is 1. The molecule has 1 aromatic carbocycles. The first-order valence-electron chi connectivity index (χ1n) is 4.82. The van der Waals surface area contributed by atoms with Crippen LogP contribution in [0.5, 0.6) is 0 Å². The number of nitrogens with two attached hydrogens (primary N) is 1. The predicted molar refractivity (Wildman–Crippen MR) is 60.3 cm³/mol. The van der Waals surface area contributed by atoms with Gasteiger partial charge in [-0.05, 0) is 12.1 Å². The summed E-state index contributed by atoms with van der Waals surface area (Å²) in [5.74, 6) is -0.467. The number of fused-ring (bicyclic) bond motifs is 1. The molecule has 0 unspecified atom stereocenters. The van der Waals surface area contributed by atoms with Crippen LogP contribution in [-0.2, 0) is 9.53 Å². The van der Waals surface area contributed by atoms with Gasteiger partial charge in [0.25, 0.3) is 5.91 Å². The van der Waals surface area contributed by atoms with Gasteiger partial charge in [0.05, 0.1) is 11.0 Å². The van der Waals surface area contributed by atoms with Crippen molar-refractivity contribution in [3.8, 4) is 0 Å². The van der Waals surface area contributed by atoms with E-state index in [0.29, 0.717) is 0 Å². The number of hydrogen-bond donors (Lipinski definition) is 3. The first kappa shape index (κ1) is 10.9. The molecule has 2 rings (SSSR count). The molecule has 0 bridgehead atoms. The zero-order valence-electron chi connectivity index (χ0n) is 8.77. The third-order valence-electron chi connectivity index (χ3n) is 1.96. The van der Waals surface area contributed by atoms with Gasteiger partial charge in [-0.25, -0.2) is 9.78 Å². The maximum absolute atomic E-state index is 11.2. The number of aromatic nitrogens is 2. The summed E-state index contributed by atoms with van der Waals surface area (Å²) < 4.78 is 4.52. The van der Waals surface area contributed by atoms with Crippen LogP contribution in [0, 0.1) is 0 Å². The summed E-state index contributed by atoms with van der Waals surface area (Å²) in [4.78, 5) is 28.6. The number of nitrogens with one attached hydrogen (secondary N) is 2. The van der Waals surface area contributed by atoms with E-state index in [1.165, 1.54) is 0 Å². The van der Waals surface area contributed by atoms with E-state index >= 15 is 0 Å². The first-order valence-corrected chi connectivity index (χ1v) is 4.82. The van der Waals surface area contributed by atoms with Crippen LogP contribution in [0.25, 0.3) is 11.0 Å². The molecule has 0 fully saturated rings. The molecule has 7 nitrogen and oxygen atoms in total. The minimum Gasteiger partial charge on any atom is -0.439 e. The molecule has 0 aliphatic carbocycles. The van der Waals surface area contributed by atoms with Gasteiger partial charge in [-0.1, -0.05) is 12.1 Å². The molecule has 0 aliphatic rings. The van der Waals surface area contributed by atoms with Crippen molar-refractivity contribution in [3.63, 3.8) is 0 Å². The lowest BCUT2D eigenvalue weighted by Gasteiger charge is -2.01. The van der Waals surface area contributed by atoms with Crippen LogP contribution in [0.2, 0.25) is 0 Å². The van der Waals surface area contributed by atoms with Crippen LogP contribution in [0.3, 0.4) is 0 Å². The Morgan fingerprint density at radius 2 is 2.18 bits per heavy atom.